The van der Waals surface area contributed by atoms with E-state index >= 15 is 0 Å². The van der Waals surface area contributed by atoms with Gasteiger partial charge in [0.2, 0.25) is 0 Å². The molecule has 8 aliphatic rings. The first-order valence-corrected chi connectivity index (χ1v) is 21.9. The maximum Gasteiger partial charge on any atom is -0.00608 e. The molecule has 44 heavy (non-hydrogen) atoms. The summed E-state index contributed by atoms with van der Waals surface area (Å²) in [5.41, 5.74) is 8.51. The summed E-state index contributed by atoms with van der Waals surface area (Å²) in [5.74, 6) is 8.61. The van der Waals surface area contributed by atoms with E-state index in [2.05, 4.69) is 90.1 Å². The van der Waals surface area contributed by atoms with Gasteiger partial charge < -0.3 is 0 Å². The summed E-state index contributed by atoms with van der Waals surface area (Å²) in [5, 5.41) is 0.715. The minimum Gasteiger partial charge on any atom is -0.0947 e. The second-order valence-corrected chi connectivity index (χ2v) is 25.2. The zero-order chi connectivity index (χ0) is 30.4. The van der Waals surface area contributed by atoms with E-state index < -0.39 is 0 Å². The maximum absolute atomic E-state index is 2.73. The minimum absolute atomic E-state index is 0.00823. The van der Waals surface area contributed by atoms with Gasteiger partial charge in [-0.05, 0) is 168 Å². The average Bonchev–Trinajstić information content (AvgIpc) is 2.94. The molecule has 0 saturated heterocycles. The second kappa shape index (κ2) is 11.5. The number of hydrogen-bond donors (Lipinski definition) is 0. The van der Waals surface area contributed by atoms with Crippen molar-refractivity contribution < 1.29 is 0 Å². The molecule has 0 aromatic heterocycles. The highest BCUT2D eigenvalue weighted by Gasteiger charge is 2.56. The molecule has 0 aliphatic heterocycles. The maximum atomic E-state index is 2.73. The fourth-order valence-corrected chi connectivity index (χ4v) is 21.1. The fraction of sp³-hybridized carbons (Fsp3) is 0.714. The van der Waals surface area contributed by atoms with Crippen LogP contribution in [0.2, 0.25) is 0 Å². The normalized spacial score (nSPS) is 38.1. The van der Waals surface area contributed by atoms with Crippen molar-refractivity contribution in [1.82, 2.24) is 0 Å². The van der Waals surface area contributed by atoms with Crippen LogP contribution in [0.25, 0.3) is 11.1 Å². The SMILES string of the molecule is CC(C)(C)P(Cc1ccc(-c2ccccc2)cc1CP(C1C2CC3CC(C2)CC1C3)C1C2CC3CC(C2)CC1C3)C(C)(C)C. The lowest BCUT2D eigenvalue weighted by Gasteiger charge is -2.62. The molecule has 8 saturated carbocycles. The number of benzene rings is 2. The van der Waals surface area contributed by atoms with Crippen molar-refractivity contribution in [1.29, 1.82) is 0 Å². The van der Waals surface area contributed by atoms with Gasteiger partial charge in [0.1, 0.15) is 0 Å². The van der Waals surface area contributed by atoms with Crippen molar-refractivity contribution >= 4 is 15.8 Å². The van der Waals surface area contributed by atoms with E-state index in [0.29, 0.717) is 10.3 Å². The molecule has 0 radical (unpaired) electrons. The predicted octanol–water partition coefficient (Wildman–Crippen LogP) is 12.6. The summed E-state index contributed by atoms with van der Waals surface area (Å²) < 4.78 is 0. The minimum atomic E-state index is -0.165. The van der Waals surface area contributed by atoms with Crippen LogP contribution in [-0.2, 0) is 12.3 Å². The summed E-state index contributed by atoms with van der Waals surface area (Å²) in [4.78, 5) is 0. The van der Waals surface area contributed by atoms with E-state index in [-0.39, 0.29) is 15.8 Å². The van der Waals surface area contributed by atoms with Gasteiger partial charge in [-0.3, -0.25) is 0 Å². The molecule has 0 amide bonds. The Morgan fingerprint density at radius 1 is 0.500 bits per heavy atom. The Morgan fingerprint density at radius 3 is 1.39 bits per heavy atom. The third-order valence-electron chi connectivity index (χ3n) is 13.7. The standard InChI is InChI=1S/C42H60P2/c1-41(2,3)44(42(4,5)6)26-33-13-12-32(31-10-8-7-9-11-31)24-38(33)25-43(39-34-16-27-14-28(18-34)19-35(39)17-27)40-36-20-29-15-30(22-36)23-37(40)21-29/h7-13,24,27-30,34-37,39-40H,14-23,25-26H2,1-6H3. The second-order valence-electron chi connectivity index (χ2n) is 18.8. The molecule has 0 unspecified atom stereocenters. The van der Waals surface area contributed by atoms with E-state index in [1.807, 2.05) is 0 Å². The molecular formula is C42H60P2. The summed E-state index contributed by atoms with van der Waals surface area (Å²) in [6, 6.07) is 19.2. The Bertz CT molecular complexity index is 1220. The summed E-state index contributed by atoms with van der Waals surface area (Å²) >= 11 is 0. The summed E-state index contributed by atoms with van der Waals surface area (Å²) in [6.07, 6.45) is 18.7. The topological polar surface area (TPSA) is 0 Å². The van der Waals surface area contributed by atoms with Gasteiger partial charge in [-0.1, -0.05) is 106 Å². The van der Waals surface area contributed by atoms with Gasteiger partial charge in [0, 0.05) is 0 Å². The zero-order valence-electron chi connectivity index (χ0n) is 28.8. The molecule has 0 spiro atoms. The van der Waals surface area contributed by atoms with Crippen molar-refractivity contribution in [2.45, 2.75) is 140 Å². The lowest BCUT2D eigenvalue weighted by Crippen LogP contribution is -2.52. The fourth-order valence-electron chi connectivity index (χ4n) is 12.9. The molecule has 8 bridgehead atoms. The first kappa shape index (κ1) is 30.6. The highest BCUT2D eigenvalue weighted by atomic mass is 31.1. The van der Waals surface area contributed by atoms with Crippen LogP contribution in [0.1, 0.15) is 117 Å². The average molecular weight is 627 g/mol. The largest absolute Gasteiger partial charge is 0.0947 e. The van der Waals surface area contributed by atoms with Gasteiger partial charge in [-0.2, -0.15) is 0 Å². The van der Waals surface area contributed by atoms with Crippen molar-refractivity contribution in [3.8, 4) is 11.1 Å². The van der Waals surface area contributed by atoms with E-state index in [0.717, 1.165) is 58.7 Å². The molecule has 10 rings (SSSR count). The van der Waals surface area contributed by atoms with Crippen molar-refractivity contribution in [2.75, 3.05) is 0 Å². The lowest BCUT2D eigenvalue weighted by atomic mass is 9.55. The highest BCUT2D eigenvalue weighted by molar-refractivity contribution is 7.60. The number of hydrogen-bond acceptors (Lipinski definition) is 0. The zero-order valence-corrected chi connectivity index (χ0v) is 30.6. The van der Waals surface area contributed by atoms with Crippen molar-refractivity contribution in [3.63, 3.8) is 0 Å². The molecule has 8 aliphatic carbocycles. The van der Waals surface area contributed by atoms with Gasteiger partial charge in [-0.25, -0.2) is 0 Å². The van der Waals surface area contributed by atoms with Gasteiger partial charge in [0.15, 0.2) is 0 Å². The monoisotopic (exact) mass is 626 g/mol. The Kier molecular flexibility index (Phi) is 7.98. The molecule has 238 valence electrons. The molecule has 2 heteroatoms. The van der Waals surface area contributed by atoms with Crippen LogP contribution in [0.15, 0.2) is 48.5 Å². The van der Waals surface area contributed by atoms with Gasteiger partial charge in [-0.15, -0.1) is 0 Å². The molecule has 2 aromatic rings. The van der Waals surface area contributed by atoms with E-state index in [4.69, 9.17) is 0 Å². The van der Waals surface area contributed by atoms with Crippen molar-refractivity contribution in [2.24, 2.45) is 47.3 Å². The number of rotatable bonds is 7. The Labute approximate surface area is 272 Å². The highest BCUT2D eigenvalue weighted by Crippen LogP contribution is 2.72. The molecular weight excluding hydrogens is 566 g/mol. The molecule has 2 aromatic carbocycles. The third-order valence-corrected chi connectivity index (χ3v) is 21.6. The first-order valence-electron chi connectivity index (χ1n) is 18.7. The Morgan fingerprint density at radius 2 is 0.955 bits per heavy atom. The van der Waals surface area contributed by atoms with E-state index in [1.54, 1.807) is 75.3 Å². The van der Waals surface area contributed by atoms with Crippen LogP contribution in [0, 0.1) is 47.3 Å². The third kappa shape index (κ3) is 5.72. The van der Waals surface area contributed by atoms with Gasteiger partial charge in [0.05, 0.1) is 0 Å². The van der Waals surface area contributed by atoms with Crippen LogP contribution < -0.4 is 0 Å². The van der Waals surface area contributed by atoms with Crippen LogP contribution in [0.4, 0.5) is 0 Å². The van der Waals surface area contributed by atoms with E-state index in [9.17, 15) is 0 Å². The van der Waals surface area contributed by atoms with Gasteiger partial charge >= 0.3 is 0 Å². The van der Waals surface area contributed by atoms with Crippen LogP contribution >= 0.6 is 15.8 Å². The predicted molar refractivity (Wildman–Crippen MR) is 194 cm³/mol. The molecule has 0 heterocycles. The quantitative estimate of drug-likeness (QED) is 0.268. The van der Waals surface area contributed by atoms with Crippen LogP contribution in [0.5, 0.6) is 0 Å². The summed E-state index contributed by atoms with van der Waals surface area (Å²) in [7, 11) is -0.174. The van der Waals surface area contributed by atoms with Crippen LogP contribution in [0.3, 0.4) is 0 Å². The Hall–Kier alpha value is -0.700. The van der Waals surface area contributed by atoms with Crippen LogP contribution in [-0.4, -0.2) is 21.6 Å². The molecule has 0 nitrogen and oxygen atoms in total. The molecule has 0 atom stereocenters. The lowest BCUT2D eigenvalue weighted by molar-refractivity contribution is 0.0129. The first-order chi connectivity index (χ1) is 21.0. The Balaban J connectivity index is 1.21. The molecule has 8 fully saturated rings. The van der Waals surface area contributed by atoms with Crippen molar-refractivity contribution in [3.05, 3.63) is 59.7 Å². The van der Waals surface area contributed by atoms with E-state index in [1.165, 1.54) is 23.5 Å². The smallest absolute Gasteiger partial charge is 0.00608 e. The van der Waals surface area contributed by atoms with Gasteiger partial charge in [0.25, 0.3) is 0 Å². The molecule has 0 N–H and O–H groups in total. The summed E-state index contributed by atoms with van der Waals surface area (Å²) in [6.45, 7) is 15.2.